The van der Waals surface area contributed by atoms with Crippen LogP contribution in [0.3, 0.4) is 0 Å². The first-order valence-electron chi connectivity index (χ1n) is 10.4. The van der Waals surface area contributed by atoms with Crippen LogP contribution in [0, 0.1) is 6.92 Å². The van der Waals surface area contributed by atoms with E-state index in [-0.39, 0.29) is 27.9 Å². The van der Waals surface area contributed by atoms with E-state index < -0.39 is 23.5 Å². The molecule has 0 radical (unpaired) electrons. The second kappa shape index (κ2) is 9.26. The molecule has 35 heavy (non-hydrogen) atoms. The number of rotatable bonds is 5. The number of carbonyl (C=O) groups is 3. The van der Waals surface area contributed by atoms with Crippen LogP contribution in [0.2, 0.25) is 0 Å². The second-order valence-electron chi connectivity index (χ2n) is 7.59. The number of ether oxygens (including phenoxy) is 3. The smallest absolute Gasteiger partial charge is 0.341 e. The van der Waals surface area contributed by atoms with Gasteiger partial charge in [0.1, 0.15) is 11.3 Å². The average molecular weight is 475 g/mol. The summed E-state index contributed by atoms with van der Waals surface area (Å²) in [7, 11) is 3.64. The van der Waals surface area contributed by atoms with Gasteiger partial charge in [-0.1, -0.05) is 18.2 Å². The summed E-state index contributed by atoms with van der Waals surface area (Å²) in [6.45, 7) is 1.84. The van der Waals surface area contributed by atoms with Crippen LogP contribution in [0.1, 0.15) is 36.6 Å². The van der Waals surface area contributed by atoms with E-state index in [1.165, 1.54) is 61.2 Å². The number of fused-ring (bicyclic) bond motifs is 1. The third-order valence-corrected chi connectivity index (χ3v) is 5.48. The number of para-hydroxylation sites is 1. The van der Waals surface area contributed by atoms with Gasteiger partial charge in [-0.05, 0) is 36.8 Å². The average Bonchev–Trinajstić information content (AvgIpc) is 3.22. The van der Waals surface area contributed by atoms with Crippen molar-refractivity contribution < 1.29 is 28.6 Å². The Balaban J connectivity index is 2.02. The maximum Gasteiger partial charge on any atom is 0.341 e. The third kappa shape index (κ3) is 4.17. The molecule has 0 bridgehead atoms. The molecule has 2 heterocycles. The molecule has 0 aromatic heterocycles. The van der Waals surface area contributed by atoms with E-state index in [2.05, 4.69) is 5.10 Å². The predicted octanol–water partition coefficient (Wildman–Crippen LogP) is 2.80. The number of pyridine rings is 1. The Bertz CT molecular complexity index is 1470. The number of aryl methyl sites for hydroxylation is 1. The number of methoxy groups -OCH3 is 3. The zero-order valence-corrected chi connectivity index (χ0v) is 19.4. The Labute approximate surface area is 199 Å². The molecule has 2 aliphatic rings. The van der Waals surface area contributed by atoms with Crippen LogP contribution in [-0.4, -0.2) is 53.6 Å². The van der Waals surface area contributed by atoms with Gasteiger partial charge in [0.2, 0.25) is 0 Å². The van der Waals surface area contributed by atoms with Crippen molar-refractivity contribution in [1.82, 2.24) is 14.3 Å². The van der Waals surface area contributed by atoms with Crippen molar-refractivity contribution in [1.29, 1.82) is 0 Å². The Morgan fingerprint density at radius 2 is 1.43 bits per heavy atom. The summed E-state index contributed by atoms with van der Waals surface area (Å²) in [5.74, 6) is -2.07. The SMILES string of the molecule is COC(=O)c1cc(C(=O)OC)cc(-n2cc(C(=O)OC)c3nn(-c4ccccc4C)c(=O)c-3c2)c1. The number of esters is 3. The van der Waals surface area contributed by atoms with E-state index >= 15 is 0 Å². The minimum absolute atomic E-state index is 0.0255. The van der Waals surface area contributed by atoms with E-state index in [1.54, 1.807) is 12.1 Å². The van der Waals surface area contributed by atoms with E-state index in [0.29, 0.717) is 11.4 Å². The fourth-order valence-electron chi connectivity index (χ4n) is 3.71. The summed E-state index contributed by atoms with van der Waals surface area (Å²) in [6, 6.07) is 11.5. The zero-order chi connectivity index (χ0) is 25.3. The Kier molecular flexibility index (Phi) is 6.20. The monoisotopic (exact) mass is 475 g/mol. The van der Waals surface area contributed by atoms with Gasteiger partial charge >= 0.3 is 17.9 Å². The largest absolute Gasteiger partial charge is 0.465 e. The van der Waals surface area contributed by atoms with Crippen molar-refractivity contribution in [3.63, 3.8) is 0 Å². The molecular weight excluding hydrogens is 454 g/mol. The molecule has 0 unspecified atom stereocenters. The van der Waals surface area contributed by atoms with Gasteiger partial charge < -0.3 is 18.8 Å². The van der Waals surface area contributed by atoms with Crippen LogP contribution in [0.5, 0.6) is 0 Å². The number of hydrogen-bond acceptors (Lipinski definition) is 8. The lowest BCUT2D eigenvalue weighted by Crippen LogP contribution is -2.16. The highest BCUT2D eigenvalue weighted by Gasteiger charge is 2.26. The Hall–Kier alpha value is -4.73. The van der Waals surface area contributed by atoms with Gasteiger partial charge in [-0.25, -0.2) is 14.4 Å². The zero-order valence-electron chi connectivity index (χ0n) is 19.4. The molecule has 0 fully saturated rings. The van der Waals surface area contributed by atoms with Gasteiger partial charge in [-0.2, -0.15) is 9.78 Å². The van der Waals surface area contributed by atoms with E-state index in [0.717, 1.165) is 5.56 Å². The molecule has 0 saturated carbocycles. The van der Waals surface area contributed by atoms with Crippen LogP contribution in [0.4, 0.5) is 0 Å². The van der Waals surface area contributed by atoms with Crippen molar-refractivity contribution in [2.45, 2.75) is 6.92 Å². The quantitative estimate of drug-likeness (QED) is 0.319. The van der Waals surface area contributed by atoms with Crippen LogP contribution in [0.15, 0.2) is 59.7 Å². The van der Waals surface area contributed by atoms with E-state index in [1.807, 2.05) is 19.1 Å². The van der Waals surface area contributed by atoms with Crippen molar-refractivity contribution in [3.8, 4) is 22.6 Å². The number of nitrogens with zero attached hydrogens (tertiary/aromatic N) is 3. The van der Waals surface area contributed by atoms with Crippen LogP contribution in [-0.2, 0) is 14.2 Å². The van der Waals surface area contributed by atoms with Crippen LogP contribution in [0.25, 0.3) is 22.6 Å². The van der Waals surface area contributed by atoms with Gasteiger partial charge in [-0.15, -0.1) is 0 Å². The summed E-state index contributed by atoms with van der Waals surface area (Å²) < 4.78 is 17.2. The van der Waals surface area contributed by atoms with Gasteiger partial charge in [0.05, 0.1) is 43.7 Å². The fraction of sp³-hybridized carbons (Fsp3) is 0.160. The standard InChI is InChI=1S/C25H21N3O7/c1-14-7-5-6-8-20(14)28-22(29)18-12-27(13-19(21(18)26-28)25(32)35-4)17-10-15(23(30)33-2)9-16(11-17)24(31)34-3/h5-13H,1-4H3. The molecule has 2 aliphatic heterocycles. The predicted molar refractivity (Wildman–Crippen MR) is 125 cm³/mol. The van der Waals surface area contributed by atoms with Gasteiger partial charge in [0, 0.05) is 18.1 Å². The molecule has 0 aliphatic carbocycles. The highest BCUT2D eigenvalue weighted by molar-refractivity contribution is 5.97. The van der Waals surface area contributed by atoms with Crippen molar-refractivity contribution >= 4 is 17.9 Å². The summed E-state index contributed by atoms with van der Waals surface area (Å²) in [4.78, 5) is 50.4. The number of aromatic nitrogens is 3. The third-order valence-electron chi connectivity index (χ3n) is 5.48. The van der Waals surface area contributed by atoms with E-state index in [4.69, 9.17) is 14.2 Å². The number of carbonyl (C=O) groups excluding carboxylic acids is 3. The minimum Gasteiger partial charge on any atom is -0.465 e. The maximum absolute atomic E-state index is 13.4. The highest BCUT2D eigenvalue weighted by atomic mass is 16.5. The highest BCUT2D eigenvalue weighted by Crippen LogP contribution is 2.26. The first kappa shape index (κ1) is 23.4. The lowest BCUT2D eigenvalue weighted by Gasteiger charge is -2.14. The first-order valence-corrected chi connectivity index (χ1v) is 10.4. The summed E-state index contributed by atoms with van der Waals surface area (Å²) in [5.41, 5.74) is 1.71. The molecule has 0 spiro atoms. The van der Waals surface area contributed by atoms with Crippen molar-refractivity contribution in [2.24, 2.45) is 0 Å². The van der Waals surface area contributed by atoms with Crippen molar-refractivity contribution in [2.75, 3.05) is 21.3 Å². The molecule has 0 saturated heterocycles. The molecule has 10 nitrogen and oxygen atoms in total. The Morgan fingerprint density at radius 3 is 2.00 bits per heavy atom. The van der Waals surface area contributed by atoms with E-state index in [9.17, 15) is 19.2 Å². The summed E-state index contributed by atoms with van der Waals surface area (Å²) in [6.07, 6.45) is 2.89. The van der Waals surface area contributed by atoms with Crippen LogP contribution < -0.4 is 5.56 Å². The minimum atomic E-state index is -0.712. The molecule has 10 heteroatoms. The van der Waals surface area contributed by atoms with Gasteiger partial charge in [0.15, 0.2) is 0 Å². The molecular formula is C25H21N3O7. The summed E-state index contributed by atoms with van der Waals surface area (Å²) >= 11 is 0. The van der Waals surface area contributed by atoms with Gasteiger partial charge in [0.25, 0.3) is 5.56 Å². The lowest BCUT2D eigenvalue weighted by atomic mass is 10.1. The van der Waals surface area contributed by atoms with Crippen molar-refractivity contribution in [3.05, 3.63) is 87.5 Å². The molecule has 4 rings (SSSR count). The molecule has 178 valence electrons. The normalized spacial score (nSPS) is 10.7. The number of hydrogen-bond donors (Lipinski definition) is 0. The molecule has 0 N–H and O–H groups in total. The molecule has 2 aromatic rings. The Morgan fingerprint density at radius 1 is 0.829 bits per heavy atom. The molecule has 2 aromatic carbocycles. The summed E-state index contributed by atoms with van der Waals surface area (Å²) in [5, 5.41) is 4.41. The first-order chi connectivity index (χ1) is 16.8. The maximum atomic E-state index is 13.4. The molecule has 0 amide bonds. The fourth-order valence-corrected chi connectivity index (χ4v) is 3.71. The topological polar surface area (TPSA) is 119 Å². The lowest BCUT2D eigenvalue weighted by molar-refractivity contribution is 0.0586. The molecule has 0 atom stereocenters. The number of benzene rings is 2. The van der Waals surface area contributed by atoms with Gasteiger partial charge in [-0.3, -0.25) is 4.79 Å². The van der Waals surface area contributed by atoms with Crippen LogP contribution >= 0.6 is 0 Å². The second-order valence-corrected chi connectivity index (χ2v) is 7.59.